The van der Waals surface area contributed by atoms with Crippen LogP contribution in [0.15, 0.2) is 12.2 Å². The van der Waals surface area contributed by atoms with Gasteiger partial charge in [0.15, 0.2) is 0 Å². The van der Waals surface area contributed by atoms with Crippen molar-refractivity contribution in [2.75, 3.05) is 0 Å². The van der Waals surface area contributed by atoms with Crippen molar-refractivity contribution in [3.05, 3.63) is 12.2 Å². The number of allylic oxidation sites excluding steroid dienone is 2. The zero-order valence-electron chi connectivity index (χ0n) is 8.90. The molecule has 0 aliphatic heterocycles. The summed E-state index contributed by atoms with van der Waals surface area (Å²) in [5.74, 6) is -3.58. The zero-order chi connectivity index (χ0) is 11.0. The first-order valence-corrected chi connectivity index (χ1v) is 4.59. The van der Waals surface area contributed by atoms with Crippen LogP contribution in [0.2, 0.25) is 0 Å². The fourth-order valence-electron chi connectivity index (χ4n) is 1.15. The predicted molar refractivity (Wildman–Crippen MR) is 52.5 cm³/mol. The van der Waals surface area contributed by atoms with E-state index in [9.17, 15) is 19.8 Å². The number of aliphatic carboxylic acids is 2. The van der Waals surface area contributed by atoms with Crippen molar-refractivity contribution in [2.45, 2.75) is 32.6 Å². The number of hydrogen-bond donors (Lipinski definition) is 0. The van der Waals surface area contributed by atoms with Gasteiger partial charge in [0, 0.05) is 17.9 Å². The van der Waals surface area contributed by atoms with Crippen molar-refractivity contribution in [2.24, 2.45) is 5.92 Å². The summed E-state index contributed by atoms with van der Waals surface area (Å²) >= 11 is 0. The largest absolute Gasteiger partial charge is 2.00 e. The fraction of sp³-hybridized carbons (Fsp3) is 0.600. The molecule has 0 aliphatic rings. The first kappa shape index (κ1) is 17.3. The van der Waals surface area contributed by atoms with Crippen LogP contribution in [0.4, 0.5) is 0 Å². The Morgan fingerprint density at radius 3 is 2.33 bits per heavy atom. The molecule has 0 aromatic carbocycles. The van der Waals surface area contributed by atoms with Gasteiger partial charge in [0.05, 0.1) is 0 Å². The molecule has 0 N–H and O–H groups in total. The van der Waals surface area contributed by atoms with E-state index < -0.39 is 24.3 Å². The molecule has 15 heavy (non-hydrogen) atoms. The Hall–Kier alpha value is -0.0603. The van der Waals surface area contributed by atoms with E-state index in [0.29, 0.717) is 12.8 Å². The van der Waals surface area contributed by atoms with E-state index in [-0.39, 0.29) is 37.7 Å². The number of unbranched alkanes of at least 4 members (excludes halogenated alkanes) is 1. The van der Waals surface area contributed by atoms with Gasteiger partial charge in [-0.3, -0.25) is 0 Å². The van der Waals surface area contributed by atoms with Crippen molar-refractivity contribution in [1.29, 1.82) is 0 Å². The molecule has 0 saturated carbocycles. The first-order valence-electron chi connectivity index (χ1n) is 4.59. The summed E-state index contributed by atoms with van der Waals surface area (Å²) in [7, 11) is 0. The third kappa shape index (κ3) is 10.2. The number of carbonyl (C=O) groups is 2. The van der Waals surface area contributed by atoms with Crippen molar-refractivity contribution < 1.29 is 19.8 Å². The maximum absolute atomic E-state index is 10.5. The van der Waals surface area contributed by atoms with Gasteiger partial charge in [-0.05, 0) is 32.6 Å². The van der Waals surface area contributed by atoms with Crippen molar-refractivity contribution in [1.82, 2.24) is 0 Å². The van der Waals surface area contributed by atoms with Gasteiger partial charge in [-0.15, -0.1) is 0 Å². The van der Waals surface area contributed by atoms with Crippen LogP contribution < -0.4 is 10.2 Å². The Kier molecular flexibility index (Phi) is 12.1. The second-order valence-corrected chi connectivity index (χ2v) is 3.09. The van der Waals surface area contributed by atoms with Crippen LogP contribution in [0.3, 0.4) is 0 Å². The topological polar surface area (TPSA) is 80.3 Å². The molecule has 0 amide bonds. The third-order valence-corrected chi connectivity index (χ3v) is 1.91. The molecule has 1 unspecified atom stereocenters. The average Bonchev–Trinajstić information content (AvgIpc) is 2.09. The zero-order valence-corrected chi connectivity index (χ0v) is 11.1. The molecule has 0 aromatic heterocycles. The summed E-state index contributed by atoms with van der Waals surface area (Å²) in [5.41, 5.74) is 0. The standard InChI is InChI=1S/C10H16O4.Ca/c1-2-3-4-5-6-8(10(13)14)7-9(11)12;/h2-3,8H,4-7H2,1H3,(H,11,12)(H,13,14);/q;+2/p-2/b3-2+;. The van der Waals surface area contributed by atoms with Crippen LogP contribution in [0.25, 0.3) is 0 Å². The van der Waals surface area contributed by atoms with E-state index >= 15 is 0 Å². The smallest absolute Gasteiger partial charge is 0.550 e. The monoisotopic (exact) mass is 238 g/mol. The van der Waals surface area contributed by atoms with Crippen LogP contribution in [0, 0.1) is 5.92 Å². The molecule has 0 rings (SSSR count). The van der Waals surface area contributed by atoms with Gasteiger partial charge in [0.1, 0.15) is 0 Å². The maximum Gasteiger partial charge on any atom is 2.00 e. The molecule has 80 valence electrons. The Bertz CT molecular complexity index is 225. The number of hydrogen-bond acceptors (Lipinski definition) is 4. The average molecular weight is 238 g/mol. The molecule has 0 heterocycles. The normalized spacial score (nSPS) is 12.1. The molecule has 0 radical (unpaired) electrons. The summed E-state index contributed by atoms with van der Waals surface area (Å²) in [4.78, 5) is 20.7. The van der Waals surface area contributed by atoms with Gasteiger partial charge < -0.3 is 19.8 Å². The molecule has 4 nitrogen and oxygen atoms in total. The minimum atomic E-state index is -1.34. The van der Waals surface area contributed by atoms with Crippen LogP contribution in [-0.4, -0.2) is 49.7 Å². The van der Waals surface area contributed by atoms with Crippen LogP contribution in [0.1, 0.15) is 32.6 Å². The fourth-order valence-corrected chi connectivity index (χ4v) is 1.15. The Morgan fingerprint density at radius 2 is 1.93 bits per heavy atom. The quantitative estimate of drug-likeness (QED) is 0.319. The molecule has 0 bridgehead atoms. The Balaban J connectivity index is 0. The minimum Gasteiger partial charge on any atom is -0.550 e. The van der Waals surface area contributed by atoms with E-state index in [2.05, 4.69) is 0 Å². The summed E-state index contributed by atoms with van der Waals surface area (Å²) in [6.45, 7) is 1.87. The summed E-state index contributed by atoms with van der Waals surface area (Å²) in [6.07, 6.45) is 5.04. The van der Waals surface area contributed by atoms with Gasteiger partial charge in [-0.1, -0.05) is 12.2 Å². The van der Waals surface area contributed by atoms with Gasteiger partial charge in [0.25, 0.3) is 0 Å². The molecule has 0 aliphatic carbocycles. The molecule has 0 aromatic rings. The van der Waals surface area contributed by atoms with Crippen molar-refractivity contribution in [3.8, 4) is 0 Å². The summed E-state index contributed by atoms with van der Waals surface area (Å²) < 4.78 is 0. The molecule has 5 heteroatoms. The van der Waals surface area contributed by atoms with E-state index in [4.69, 9.17) is 0 Å². The van der Waals surface area contributed by atoms with Crippen LogP contribution >= 0.6 is 0 Å². The van der Waals surface area contributed by atoms with Crippen LogP contribution in [-0.2, 0) is 9.59 Å². The molecular formula is C10H14CaO4. The number of carboxylic acids is 2. The van der Waals surface area contributed by atoms with E-state index in [1.165, 1.54) is 0 Å². The van der Waals surface area contributed by atoms with Crippen molar-refractivity contribution in [3.63, 3.8) is 0 Å². The molecule has 0 spiro atoms. The second kappa shape index (κ2) is 10.5. The molecule has 1 atom stereocenters. The Morgan fingerprint density at radius 1 is 1.33 bits per heavy atom. The number of carboxylic acid groups (broad SMARTS) is 2. The summed E-state index contributed by atoms with van der Waals surface area (Å²) in [5, 5.41) is 20.7. The summed E-state index contributed by atoms with van der Waals surface area (Å²) in [6, 6.07) is 0. The van der Waals surface area contributed by atoms with Crippen LogP contribution in [0.5, 0.6) is 0 Å². The molecule has 0 saturated heterocycles. The van der Waals surface area contributed by atoms with Crippen molar-refractivity contribution >= 4 is 49.7 Å². The maximum atomic E-state index is 10.5. The first-order chi connectivity index (χ1) is 6.57. The van der Waals surface area contributed by atoms with Gasteiger partial charge in [0.2, 0.25) is 0 Å². The number of carbonyl (C=O) groups excluding carboxylic acids is 2. The third-order valence-electron chi connectivity index (χ3n) is 1.91. The van der Waals surface area contributed by atoms with Gasteiger partial charge >= 0.3 is 37.7 Å². The van der Waals surface area contributed by atoms with E-state index in [0.717, 1.165) is 6.42 Å². The second-order valence-electron chi connectivity index (χ2n) is 3.09. The van der Waals surface area contributed by atoms with Gasteiger partial charge in [-0.25, -0.2) is 0 Å². The minimum absolute atomic E-state index is 0. The van der Waals surface area contributed by atoms with E-state index in [1.54, 1.807) is 0 Å². The molecule has 0 fully saturated rings. The molecular weight excluding hydrogens is 224 g/mol. The van der Waals surface area contributed by atoms with Gasteiger partial charge in [-0.2, -0.15) is 0 Å². The SMILES string of the molecule is C/C=C/CCCC(CC(=O)[O-])C(=O)[O-].[Ca+2]. The Labute approximate surface area is 119 Å². The van der Waals surface area contributed by atoms with E-state index in [1.807, 2.05) is 19.1 Å². The number of rotatable bonds is 7. The predicted octanol–water partition coefficient (Wildman–Crippen LogP) is -1.14.